The molecule has 23 heavy (non-hydrogen) atoms. The number of hydrogen-bond acceptors (Lipinski definition) is 2. The smallest absolute Gasteiger partial charge is 0.119 e. The molecule has 0 radical (unpaired) electrons. The molecule has 0 aliphatic carbocycles. The van der Waals surface area contributed by atoms with Gasteiger partial charge in [-0.1, -0.05) is 60.7 Å². The van der Waals surface area contributed by atoms with E-state index in [2.05, 4.69) is 48.7 Å². The highest BCUT2D eigenvalue weighted by atomic mass is 16.5. The molecule has 0 heterocycles. The maximum absolute atomic E-state index is 5.77. The highest BCUT2D eigenvalue weighted by Crippen LogP contribution is 2.10. The van der Waals surface area contributed by atoms with Crippen molar-refractivity contribution in [1.82, 2.24) is 4.90 Å². The molecular formula is C21H25NO. The molecule has 2 aromatic rings. The molecule has 2 rings (SSSR count). The molecule has 0 aliphatic heterocycles. The van der Waals surface area contributed by atoms with Crippen molar-refractivity contribution in [2.75, 3.05) is 19.7 Å². The fraction of sp³-hybridized carbons (Fsp3) is 0.238. The van der Waals surface area contributed by atoms with Crippen molar-refractivity contribution in [3.05, 3.63) is 90.5 Å². The van der Waals surface area contributed by atoms with Crippen molar-refractivity contribution in [3.8, 4) is 5.75 Å². The van der Waals surface area contributed by atoms with Crippen LogP contribution in [0, 0.1) is 0 Å². The van der Waals surface area contributed by atoms with Gasteiger partial charge in [-0.25, -0.2) is 0 Å². The summed E-state index contributed by atoms with van der Waals surface area (Å²) in [4.78, 5) is 2.36. The second-order valence-corrected chi connectivity index (χ2v) is 5.62. The zero-order chi connectivity index (χ0) is 16.3. The van der Waals surface area contributed by atoms with Gasteiger partial charge in [-0.05, 0) is 30.2 Å². The van der Waals surface area contributed by atoms with Crippen LogP contribution in [0.15, 0.2) is 85.0 Å². The Morgan fingerprint density at radius 1 is 1.00 bits per heavy atom. The van der Waals surface area contributed by atoms with Gasteiger partial charge in [0.05, 0.1) is 0 Å². The summed E-state index contributed by atoms with van der Waals surface area (Å²) in [7, 11) is 0. The van der Waals surface area contributed by atoms with Crippen LogP contribution in [-0.4, -0.2) is 24.6 Å². The van der Waals surface area contributed by atoms with Gasteiger partial charge in [0.25, 0.3) is 0 Å². The Balaban J connectivity index is 1.85. The molecule has 0 aliphatic rings. The monoisotopic (exact) mass is 307 g/mol. The van der Waals surface area contributed by atoms with Crippen LogP contribution in [0.1, 0.15) is 12.5 Å². The third-order valence-electron chi connectivity index (χ3n) is 3.54. The van der Waals surface area contributed by atoms with Gasteiger partial charge in [0.15, 0.2) is 0 Å². The zero-order valence-electron chi connectivity index (χ0n) is 13.8. The largest absolute Gasteiger partial charge is 0.489 e. The fourth-order valence-corrected chi connectivity index (χ4v) is 2.29. The van der Waals surface area contributed by atoms with E-state index in [9.17, 15) is 0 Å². The summed E-state index contributed by atoms with van der Waals surface area (Å²) < 4.78 is 5.77. The molecule has 0 unspecified atom stereocenters. The molecule has 2 heteroatoms. The number of ether oxygens (including phenoxy) is 1. The molecule has 0 amide bonds. The standard InChI is InChI=1S/C21H25NO/c1-3-15-22(17-20-10-6-4-7-11-20)16-14-19(2)18-23-21-12-8-5-9-13-21/h3-14H,1,15-18H2,2H3/b19-14+. The quantitative estimate of drug-likeness (QED) is 0.623. The summed E-state index contributed by atoms with van der Waals surface area (Å²) >= 11 is 0. The van der Waals surface area contributed by atoms with Crippen molar-refractivity contribution < 1.29 is 4.74 Å². The van der Waals surface area contributed by atoms with Gasteiger partial charge >= 0.3 is 0 Å². The van der Waals surface area contributed by atoms with E-state index in [0.717, 1.165) is 25.4 Å². The minimum absolute atomic E-state index is 0.622. The number of rotatable bonds is 9. The molecular weight excluding hydrogens is 282 g/mol. The predicted octanol–water partition coefficient (Wildman–Crippen LogP) is 4.70. The first-order valence-corrected chi connectivity index (χ1v) is 7.98. The van der Waals surface area contributed by atoms with Crippen LogP contribution in [0.2, 0.25) is 0 Å². The van der Waals surface area contributed by atoms with E-state index in [4.69, 9.17) is 4.74 Å². The Morgan fingerprint density at radius 3 is 2.30 bits per heavy atom. The first-order valence-electron chi connectivity index (χ1n) is 7.98. The van der Waals surface area contributed by atoms with Gasteiger partial charge in [-0.2, -0.15) is 0 Å². The van der Waals surface area contributed by atoms with Crippen molar-refractivity contribution in [3.63, 3.8) is 0 Å². The van der Waals surface area contributed by atoms with Gasteiger partial charge in [0.1, 0.15) is 12.4 Å². The summed E-state index contributed by atoms with van der Waals surface area (Å²) in [6.45, 7) is 9.28. The van der Waals surface area contributed by atoms with Crippen LogP contribution in [-0.2, 0) is 6.54 Å². The normalized spacial score (nSPS) is 11.5. The van der Waals surface area contributed by atoms with E-state index in [-0.39, 0.29) is 0 Å². The molecule has 0 fully saturated rings. The van der Waals surface area contributed by atoms with Crippen LogP contribution < -0.4 is 4.74 Å². The second kappa shape index (κ2) is 9.65. The van der Waals surface area contributed by atoms with Crippen molar-refractivity contribution in [2.45, 2.75) is 13.5 Å². The number of nitrogens with zero attached hydrogens (tertiary/aromatic N) is 1. The lowest BCUT2D eigenvalue weighted by molar-refractivity contribution is 0.322. The van der Waals surface area contributed by atoms with Crippen LogP contribution in [0.3, 0.4) is 0 Å². The van der Waals surface area contributed by atoms with Gasteiger partial charge < -0.3 is 4.74 Å². The maximum Gasteiger partial charge on any atom is 0.119 e. The predicted molar refractivity (Wildman–Crippen MR) is 97.6 cm³/mol. The van der Waals surface area contributed by atoms with E-state index in [0.29, 0.717) is 6.61 Å². The van der Waals surface area contributed by atoms with Crippen molar-refractivity contribution in [1.29, 1.82) is 0 Å². The fourth-order valence-electron chi connectivity index (χ4n) is 2.29. The van der Waals surface area contributed by atoms with E-state index < -0.39 is 0 Å². The molecule has 0 bridgehead atoms. The summed E-state index contributed by atoms with van der Waals surface area (Å²) in [6.07, 6.45) is 4.18. The van der Waals surface area contributed by atoms with Gasteiger partial charge in [0, 0.05) is 19.6 Å². The first kappa shape index (κ1) is 17.0. The molecule has 120 valence electrons. The lowest BCUT2D eigenvalue weighted by Gasteiger charge is -2.19. The van der Waals surface area contributed by atoms with Crippen molar-refractivity contribution in [2.24, 2.45) is 0 Å². The second-order valence-electron chi connectivity index (χ2n) is 5.62. The zero-order valence-corrected chi connectivity index (χ0v) is 13.8. The third kappa shape index (κ3) is 6.54. The summed E-state index contributed by atoms with van der Waals surface area (Å²) in [5, 5.41) is 0. The Labute approximate surface area is 139 Å². The lowest BCUT2D eigenvalue weighted by atomic mass is 10.2. The molecule has 2 aromatic carbocycles. The highest BCUT2D eigenvalue weighted by molar-refractivity contribution is 5.21. The van der Waals surface area contributed by atoms with Gasteiger partial charge in [-0.3, -0.25) is 4.90 Å². The molecule has 2 nitrogen and oxygen atoms in total. The molecule has 0 saturated heterocycles. The summed E-state index contributed by atoms with van der Waals surface area (Å²) in [5.41, 5.74) is 2.55. The first-order chi connectivity index (χ1) is 11.3. The number of benzene rings is 2. The number of hydrogen-bond donors (Lipinski definition) is 0. The van der Waals surface area contributed by atoms with E-state index in [1.807, 2.05) is 42.5 Å². The molecule has 0 saturated carbocycles. The Morgan fingerprint density at radius 2 is 1.65 bits per heavy atom. The van der Waals surface area contributed by atoms with Crippen LogP contribution in [0.25, 0.3) is 0 Å². The summed E-state index contributed by atoms with van der Waals surface area (Å²) in [6, 6.07) is 20.4. The SMILES string of the molecule is C=CCN(C/C=C(\C)COc1ccccc1)Cc1ccccc1. The average molecular weight is 307 g/mol. The van der Waals surface area contributed by atoms with E-state index >= 15 is 0 Å². The highest BCUT2D eigenvalue weighted by Gasteiger charge is 2.03. The molecule has 0 atom stereocenters. The maximum atomic E-state index is 5.77. The molecule has 0 N–H and O–H groups in total. The Hall–Kier alpha value is -2.32. The Bertz CT molecular complexity index is 604. The van der Waals surface area contributed by atoms with Crippen LogP contribution in [0.5, 0.6) is 5.75 Å². The Kier molecular flexibility index (Phi) is 7.15. The van der Waals surface area contributed by atoms with Crippen LogP contribution in [0.4, 0.5) is 0 Å². The van der Waals surface area contributed by atoms with Gasteiger partial charge in [0.2, 0.25) is 0 Å². The van der Waals surface area contributed by atoms with E-state index in [1.54, 1.807) is 0 Å². The van der Waals surface area contributed by atoms with Gasteiger partial charge in [-0.15, -0.1) is 6.58 Å². The van der Waals surface area contributed by atoms with Crippen molar-refractivity contribution >= 4 is 0 Å². The lowest BCUT2D eigenvalue weighted by Crippen LogP contribution is -2.23. The third-order valence-corrected chi connectivity index (χ3v) is 3.54. The molecule has 0 aromatic heterocycles. The van der Waals surface area contributed by atoms with Crippen LogP contribution >= 0.6 is 0 Å². The summed E-state index contributed by atoms with van der Waals surface area (Å²) in [5.74, 6) is 0.910. The average Bonchev–Trinajstić information content (AvgIpc) is 2.60. The molecule has 0 spiro atoms. The minimum atomic E-state index is 0.622. The minimum Gasteiger partial charge on any atom is -0.489 e. The number of para-hydroxylation sites is 1. The van der Waals surface area contributed by atoms with E-state index in [1.165, 1.54) is 11.1 Å². The topological polar surface area (TPSA) is 12.5 Å².